The van der Waals surface area contributed by atoms with E-state index in [1.54, 1.807) is 20.0 Å². The average molecular weight is 453 g/mol. The molecular weight excluding hydrogens is 429 g/mol. The molecule has 0 saturated heterocycles. The second kappa shape index (κ2) is 7.10. The number of aromatic nitrogens is 2. The number of cyclic esters (lactones) is 1. The molecule has 1 atom stereocenters. The number of pyridine rings is 2. The maximum Gasteiger partial charge on any atom is 0.343 e. The van der Waals surface area contributed by atoms with Crippen LogP contribution >= 0.6 is 0 Å². The minimum absolute atomic E-state index is 0.0173. The molecule has 0 aliphatic carbocycles. The molecule has 1 N–H and O–H groups in total. The van der Waals surface area contributed by atoms with Crippen LogP contribution in [-0.4, -0.2) is 39.2 Å². The van der Waals surface area contributed by atoms with E-state index in [4.69, 9.17) is 4.74 Å². The van der Waals surface area contributed by atoms with Gasteiger partial charge in [0.1, 0.15) is 12.4 Å². The van der Waals surface area contributed by atoms with Gasteiger partial charge in [-0.05, 0) is 44.3 Å². The van der Waals surface area contributed by atoms with Crippen molar-refractivity contribution in [2.75, 3.05) is 14.1 Å². The molecule has 9 heteroatoms. The number of fused-ring (bicyclic) bond motifs is 5. The number of aryl methyl sites for hydroxylation is 1. The summed E-state index contributed by atoms with van der Waals surface area (Å²) in [6.07, 6.45) is 0.0173. The number of hydrogen-bond acceptors (Lipinski definition) is 6. The van der Waals surface area contributed by atoms with Gasteiger partial charge >= 0.3 is 5.97 Å². The smallest absolute Gasteiger partial charge is 0.343 e. The fourth-order valence-electron chi connectivity index (χ4n) is 5.12. The predicted octanol–water partition coefficient (Wildman–Crippen LogP) is 1.58. The van der Waals surface area contributed by atoms with Crippen LogP contribution in [0.4, 0.5) is 4.39 Å². The van der Waals surface area contributed by atoms with Crippen LogP contribution in [0.5, 0.6) is 0 Å². The number of ether oxygens (including phenoxy) is 1. The Balaban J connectivity index is 1.86. The van der Waals surface area contributed by atoms with Gasteiger partial charge in [-0.2, -0.15) is 0 Å². The molecule has 0 saturated carbocycles. The number of benzene rings is 1. The van der Waals surface area contributed by atoms with Gasteiger partial charge in [-0.1, -0.05) is 6.92 Å². The van der Waals surface area contributed by atoms with Crippen molar-refractivity contribution in [1.82, 2.24) is 14.0 Å². The second-order valence-corrected chi connectivity index (χ2v) is 9.01. The number of carbonyl (C=O) groups is 1. The van der Waals surface area contributed by atoms with E-state index >= 15 is 0 Å². The van der Waals surface area contributed by atoms with E-state index in [0.29, 0.717) is 29.0 Å². The first-order chi connectivity index (χ1) is 15.6. The molecule has 2 aromatic heterocycles. The van der Waals surface area contributed by atoms with Crippen molar-refractivity contribution in [2.45, 2.75) is 38.6 Å². The summed E-state index contributed by atoms with van der Waals surface area (Å²) in [5.74, 6) is -1.33. The van der Waals surface area contributed by atoms with Crippen molar-refractivity contribution < 1.29 is 19.0 Å². The lowest BCUT2D eigenvalue weighted by molar-refractivity contribution is -0.172. The maximum atomic E-state index is 14.5. The molecule has 0 spiro atoms. The first-order valence-corrected chi connectivity index (χ1v) is 10.7. The highest BCUT2D eigenvalue weighted by Gasteiger charge is 2.45. The molecule has 2 aliphatic heterocycles. The third-order valence-electron chi connectivity index (χ3n) is 6.75. The highest BCUT2D eigenvalue weighted by molar-refractivity contribution is 5.89. The first-order valence-electron chi connectivity index (χ1n) is 10.7. The van der Waals surface area contributed by atoms with Crippen LogP contribution in [0.2, 0.25) is 0 Å². The third-order valence-corrected chi connectivity index (χ3v) is 6.75. The summed E-state index contributed by atoms with van der Waals surface area (Å²) in [6, 6.07) is 4.18. The Kier molecular flexibility index (Phi) is 4.63. The number of aliphatic hydroxyl groups is 1. The number of rotatable bonds is 3. The average Bonchev–Trinajstić information content (AvgIpc) is 3.15. The standard InChI is InChI=1S/C24H24FN3O5/c1-5-24(32)16-8-17-19-18(10-28(17)22(30)15(16)11-33-23(24)31)27(4)20-12(9-26(2)3)6-13(25)7-14(20)21(19)29/h6-8,32H,5,9-11H2,1-4H3/t24-/m0/s1. The van der Waals surface area contributed by atoms with Crippen LogP contribution in [0, 0.1) is 5.82 Å². The Morgan fingerprint density at radius 3 is 2.61 bits per heavy atom. The van der Waals surface area contributed by atoms with E-state index in [-0.39, 0.29) is 47.1 Å². The number of nitrogens with zero attached hydrogens (tertiary/aromatic N) is 3. The lowest BCUT2D eigenvalue weighted by atomic mass is 9.85. The SMILES string of the molecule is CC[C@@]1(O)C(=O)OCc2c1cc1n(c2=O)Cc2c-1c(=O)c1cc(F)cc(CN(C)C)c1n2C. The Labute approximate surface area is 188 Å². The van der Waals surface area contributed by atoms with Gasteiger partial charge in [0.25, 0.3) is 5.56 Å². The molecule has 5 rings (SSSR count). The molecule has 2 aliphatic rings. The first kappa shape index (κ1) is 21.5. The van der Waals surface area contributed by atoms with Crippen LogP contribution in [0.15, 0.2) is 27.8 Å². The zero-order valence-corrected chi connectivity index (χ0v) is 18.9. The lowest BCUT2D eigenvalue weighted by Gasteiger charge is -2.31. The Bertz CT molecular complexity index is 1490. The maximum absolute atomic E-state index is 14.5. The van der Waals surface area contributed by atoms with Crippen molar-refractivity contribution >= 4 is 16.9 Å². The highest BCUT2D eigenvalue weighted by Crippen LogP contribution is 2.38. The summed E-state index contributed by atoms with van der Waals surface area (Å²) in [7, 11) is 5.52. The summed E-state index contributed by atoms with van der Waals surface area (Å²) in [4.78, 5) is 41.2. The zero-order valence-electron chi connectivity index (χ0n) is 18.9. The molecule has 3 aromatic rings. The van der Waals surface area contributed by atoms with Crippen molar-refractivity contribution in [3.05, 3.63) is 67.0 Å². The largest absolute Gasteiger partial charge is 0.458 e. The van der Waals surface area contributed by atoms with Crippen molar-refractivity contribution in [3.63, 3.8) is 0 Å². The van der Waals surface area contributed by atoms with E-state index in [0.717, 1.165) is 0 Å². The zero-order chi connectivity index (χ0) is 23.8. The topological polar surface area (TPSA) is 93.8 Å². The van der Waals surface area contributed by atoms with Crippen LogP contribution in [0.1, 0.15) is 35.7 Å². The Hall–Kier alpha value is -3.30. The molecular formula is C24H24FN3O5. The number of esters is 1. The normalized spacial score (nSPS) is 18.9. The van der Waals surface area contributed by atoms with Gasteiger partial charge in [0.15, 0.2) is 11.0 Å². The summed E-state index contributed by atoms with van der Waals surface area (Å²) < 4.78 is 22.9. The van der Waals surface area contributed by atoms with Gasteiger partial charge < -0.3 is 23.9 Å². The minimum atomic E-state index is -1.96. The minimum Gasteiger partial charge on any atom is -0.458 e. The monoisotopic (exact) mass is 453 g/mol. The van der Waals surface area contributed by atoms with Crippen LogP contribution in [0.25, 0.3) is 22.2 Å². The molecule has 8 nitrogen and oxygen atoms in total. The van der Waals surface area contributed by atoms with Crippen molar-refractivity contribution in [1.29, 1.82) is 0 Å². The molecule has 0 fully saturated rings. The van der Waals surface area contributed by atoms with Gasteiger partial charge in [0.2, 0.25) is 0 Å². The van der Waals surface area contributed by atoms with Crippen LogP contribution in [0.3, 0.4) is 0 Å². The van der Waals surface area contributed by atoms with E-state index in [1.165, 1.54) is 16.7 Å². The molecule has 4 heterocycles. The van der Waals surface area contributed by atoms with Crippen molar-refractivity contribution in [3.8, 4) is 11.3 Å². The van der Waals surface area contributed by atoms with Gasteiger partial charge in [-0.3, -0.25) is 9.59 Å². The molecule has 172 valence electrons. The summed E-state index contributed by atoms with van der Waals surface area (Å²) in [5.41, 5.74) is 0.101. The molecule has 0 unspecified atom stereocenters. The Morgan fingerprint density at radius 1 is 1.21 bits per heavy atom. The number of hydrogen-bond donors (Lipinski definition) is 1. The van der Waals surface area contributed by atoms with E-state index in [9.17, 15) is 23.9 Å². The fraction of sp³-hybridized carbons (Fsp3) is 0.375. The Morgan fingerprint density at radius 2 is 1.94 bits per heavy atom. The van der Waals surface area contributed by atoms with Crippen molar-refractivity contribution in [2.24, 2.45) is 7.05 Å². The quantitative estimate of drug-likeness (QED) is 0.474. The van der Waals surface area contributed by atoms with E-state index in [1.807, 2.05) is 23.6 Å². The van der Waals surface area contributed by atoms with Gasteiger partial charge in [0, 0.05) is 24.5 Å². The van der Waals surface area contributed by atoms with Gasteiger partial charge in [-0.25, -0.2) is 9.18 Å². The summed E-state index contributed by atoms with van der Waals surface area (Å²) >= 11 is 0. The molecule has 33 heavy (non-hydrogen) atoms. The van der Waals surface area contributed by atoms with Gasteiger partial charge in [0.05, 0.1) is 34.6 Å². The van der Waals surface area contributed by atoms with E-state index in [2.05, 4.69) is 0 Å². The fourth-order valence-corrected chi connectivity index (χ4v) is 5.12. The third kappa shape index (κ3) is 2.85. The molecule has 0 amide bonds. The summed E-state index contributed by atoms with van der Waals surface area (Å²) in [6.45, 7) is 1.97. The second-order valence-electron chi connectivity index (χ2n) is 9.01. The van der Waals surface area contributed by atoms with Crippen LogP contribution in [-0.2, 0) is 41.9 Å². The number of halogens is 1. The summed E-state index contributed by atoms with van der Waals surface area (Å²) in [5, 5.41) is 11.2. The predicted molar refractivity (Wildman–Crippen MR) is 119 cm³/mol. The number of carbonyl (C=O) groups excluding carboxylic acids is 1. The molecule has 0 bridgehead atoms. The van der Waals surface area contributed by atoms with Gasteiger partial charge in [-0.15, -0.1) is 0 Å². The molecule has 1 aromatic carbocycles. The van der Waals surface area contributed by atoms with Crippen LogP contribution < -0.4 is 11.0 Å². The van der Waals surface area contributed by atoms with E-state index < -0.39 is 22.9 Å². The molecule has 0 radical (unpaired) electrons. The highest BCUT2D eigenvalue weighted by atomic mass is 19.1. The lowest BCUT2D eigenvalue weighted by Crippen LogP contribution is -2.44.